The number of halogens is 10. The summed E-state index contributed by atoms with van der Waals surface area (Å²) in [5.41, 5.74) is 9.31. The van der Waals surface area contributed by atoms with Gasteiger partial charge in [0.15, 0.2) is 92.7 Å². The van der Waals surface area contributed by atoms with Crippen molar-refractivity contribution in [2.75, 3.05) is 53.6 Å². The number of carboxylic acids is 2. The summed E-state index contributed by atoms with van der Waals surface area (Å²) in [5, 5.41) is 110. The highest BCUT2D eigenvalue weighted by Gasteiger charge is 2.24. The molecule has 0 saturated carbocycles. The molecule has 642 valence electrons. The highest BCUT2D eigenvalue weighted by Crippen LogP contribution is 2.30. The second-order valence-corrected chi connectivity index (χ2v) is 25.5. The number of aromatic carboxylic acids is 2. The van der Waals surface area contributed by atoms with E-state index in [0.29, 0.717) is 30.0 Å². The van der Waals surface area contributed by atoms with E-state index in [1.165, 1.54) is 64.7 Å². The monoisotopic (exact) mass is 1700 g/mol. The van der Waals surface area contributed by atoms with Gasteiger partial charge in [0.05, 0.1) is 63.6 Å². The largest absolute Gasteiger partial charge is 0.503 e. The fraction of sp³-hybridized carbons (Fsp3) is 0.215. The number of aliphatic hydroxyl groups is 1. The fourth-order valence-electron chi connectivity index (χ4n) is 10.8. The Labute approximate surface area is 674 Å². The molecule has 31 nitrogen and oxygen atoms in total. The molecule has 0 atom stereocenters. The molecule has 0 aromatic heterocycles. The molecule has 0 radical (unpaired) electrons. The number of methoxy groups -OCH3 is 2. The molecule has 4 amide bonds. The van der Waals surface area contributed by atoms with Crippen molar-refractivity contribution in [1.82, 2.24) is 46.8 Å². The number of aromatic hydroxyl groups is 5. The molecule has 0 fully saturated rings. The summed E-state index contributed by atoms with van der Waals surface area (Å²) in [6, 6.07) is 35.8. The molecule has 17 N–H and O–H groups in total. The molecule has 9 aromatic carbocycles. The van der Waals surface area contributed by atoms with E-state index in [9.17, 15) is 97.6 Å². The lowest BCUT2D eigenvalue weighted by Crippen LogP contribution is -2.35. The number of carbonyl (C=O) groups is 8. The minimum Gasteiger partial charge on any atom is -0.503 e. The van der Waals surface area contributed by atoms with Crippen molar-refractivity contribution in [3.63, 3.8) is 0 Å². The van der Waals surface area contributed by atoms with Crippen LogP contribution in [0.1, 0.15) is 81.1 Å². The van der Waals surface area contributed by atoms with E-state index in [1.54, 1.807) is 89.2 Å². The van der Waals surface area contributed by atoms with E-state index in [0.717, 1.165) is 76.2 Å². The van der Waals surface area contributed by atoms with Crippen LogP contribution in [0, 0.1) is 58.2 Å². The van der Waals surface area contributed by atoms with Crippen LogP contribution in [0.15, 0.2) is 158 Å². The number of phenolic OH excluding ortho intramolecular Hbond substituents is 5. The van der Waals surface area contributed by atoms with Gasteiger partial charge in [-0.3, -0.25) is 64.4 Å². The van der Waals surface area contributed by atoms with Gasteiger partial charge in [-0.05, 0) is 124 Å². The first-order chi connectivity index (χ1) is 56.9. The van der Waals surface area contributed by atoms with Crippen LogP contribution < -0.4 is 32.0 Å². The van der Waals surface area contributed by atoms with Crippen molar-refractivity contribution in [2.24, 2.45) is 0 Å². The molecule has 0 saturated heterocycles. The Bertz CT molecular complexity index is 4880. The van der Waals surface area contributed by atoms with E-state index in [2.05, 4.69) is 5.32 Å². The maximum atomic E-state index is 14.0. The van der Waals surface area contributed by atoms with Gasteiger partial charge in [-0.2, -0.15) is 0 Å². The highest BCUT2D eigenvalue weighted by atomic mass is 19.2. The molecule has 0 spiro atoms. The minimum atomic E-state index is -1.26. The smallest absolute Gasteiger partial charge is 0.337 e. The van der Waals surface area contributed by atoms with E-state index < -0.39 is 148 Å². The Morgan fingerprint density at radius 1 is 0.350 bits per heavy atom. The van der Waals surface area contributed by atoms with Gasteiger partial charge in [0.25, 0.3) is 23.6 Å². The number of hydrogen-bond acceptors (Lipinski definition) is 25. The van der Waals surface area contributed by atoms with Gasteiger partial charge in [0, 0.05) is 75.6 Å². The molecule has 41 heteroatoms. The number of esters is 1. The number of aliphatic hydroxyl groups excluding tert-OH is 1. The zero-order valence-corrected chi connectivity index (χ0v) is 63.1. The summed E-state index contributed by atoms with van der Waals surface area (Å²) in [6.07, 6.45) is 0. The molecule has 9 rings (SSSR count). The van der Waals surface area contributed by atoms with Crippen molar-refractivity contribution in [3.05, 3.63) is 283 Å². The summed E-state index contributed by atoms with van der Waals surface area (Å²) in [4.78, 5) is 95.8. The lowest BCUT2D eigenvalue weighted by molar-refractivity contribution is -0.131. The average Bonchev–Trinajstić information content (AvgIpc) is 0.828. The highest BCUT2D eigenvalue weighted by molar-refractivity contribution is 5.90. The normalized spacial score (nSPS) is 10.7. The second-order valence-electron chi connectivity index (χ2n) is 25.5. The number of carbonyl (C=O) groups excluding carboxylic acids is 6. The van der Waals surface area contributed by atoms with E-state index in [1.807, 2.05) is 0 Å². The third-order valence-corrected chi connectivity index (χ3v) is 16.5. The Balaban J connectivity index is 0.000000269. The predicted octanol–water partition coefficient (Wildman–Crippen LogP) is 8.23. The third kappa shape index (κ3) is 31.3. The lowest BCUT2D eigenvalue weighted by Gasteiger charge is -2.22. The van der Waals surface area contributed by atoms with Crippen LogP contribution in [0.4, 0.5) is 43.9 Å². The topological polar surface area (TPSA) is 471 Å². The van der Waals surface area contributed by atoms with Crippen LogP contribution >= 0.6 is 0 Å². The van der Waals surface area contributed by atoms with Crippen molar-refractivity contribution in [1.29, 1.82) is 0 Å². The van der Waals surface area contributed by atoms with Crippen LogP contribution in [0.2, 0.25) is 0 Å². The van der Waals surface area contributed by atoms with Crippen LogP contribution in [0.3, 0.4) is 0 Å². The quantitative estimate of drug-likeness (QED) is 0.00796. The molecule has 120 heavy (non-hydrogen) atoms. The van der Waals surface area contributed by atoms with E-state index in [-0.39, 0.29) is 110 Å². The fourth-order valence-corrected chi connectivity index (χ4v) is 10.8. The molecule has 0 aliphatic heterocycles. The summed E-state index contributed by atoms with van der Waals surface area (Å²) in [6.45, 7) is -1.84. The van der Waals surface area contributed by atoms with Gasteiger partial charge in [-0.1, -0.05) is 66.7 Å². The number of ether oxygens (including phenoxy) is 2. The number of nitrogens with zero attached hydrogens (tertiary/aromatic N) is 4. The number of nitrogens with one attached hydrogen (secondary N) is 5. The standard InChI is InChI=1S/C19H20N2O6.C17H18F2N2O4.2C16H14F4N2O4.C11H13NO4/c1-27-19(25)16-7-3-5-14(9-16)11-21(12-17(22)20-26)10-13-4-2-6-15(8-13)18(23)24;1-25-13-5-2-11(3-6-13)8-21(10-15(22)20-24)9-12-4-7-14(18)17(23)16(12)19;17-10-1-8(2-11(18)15(10)24)5-22(7-14(23)21-26)6-9-3-12(19)16(25)13(20)4-9;17-10-3-1-8(13(19)15(10)24)5-22(7-12(23)21-26)6-9-2-4-11(18)16(25)14(9)20;13-7-10(14)6-12-5-8-2-1-3-9(4-8)11(15)16/h2-9,26H,10-12H2,1H3,(H,20,22)(H,23,24);2-7,23-24H,8-10H2,1H3,(H,20,22);2*1-4,24-26H,5-7H2,(H,21,23);1-4,12-13H,5-7H2,(H,15,16). The third-order valence-electron chi connectivity index (χ3n) is 16.5. The summed E-state index contributed by atoms with van der Waals surface area (Å²) < 4.78 is 145. The first-order valence-corrected chi connectivity index (χ1v) is 34.7. The number of hydrogen-bond donors (Lipinski definition) is 17. The number of carboxylic acid groups (broad SMARTS) is 2. The zero-order valence-electron chi connectivity index (χ0n) is 63.1. The maximum Gasteiger partial charge on any atom is 0.337 e. The van der Waals surface area contributed by atoms with Gasteiger partial charge < -0.3 is 55.6 Å². The number of amides is 4. The Hall–Kier alpha value is -13.4. The number of Topliss-reactive ketones (excluding diaryl/α,β-unsaturated/α-hetero) is 1. The number of hydroxylamine groups is 4. The maximum absolute atomic E-state index is 14.0. The molecular formula is C79H79F10N9O22. The molecule has 0 heterocycles. The molecule has 0 bridgehead atoms. The molecule has 0 aliphatic carbocycles. The van der Waals surface area contributed by atoms with Gasteiger partial charge in [-0.15, -0.1) is 0 Å². The Morgan fingerprint density at radius 3 is 0.992 bits per heavy atom. The number of phenols is 5. The van der Waals surface area contributed by atoms with Gasteiger partial charge in [0.2, 0.25) is 0 Å². The number of rotatable bonds is 33. The minimum absolute atomic E-state index is 0.0261. The summed E-state index contributed by atoms with van der Waals surface area (Å²) in [7, 11) is 2.83. The van der Waals surface area contributed by atoms with Crippen molar-refractivity contribution in [2.45, 2.75) is 58.9 Å². The van der Waals surface area contributed by atoms with Crippen LogP contribution in [-0.2, 0) is 87.6 Å². The van der Waals surface area contributed by atoms with Gasteiger partial charge in [-0.25, -0.2) is 80.2 Å². The first-order valence-electron chi connectivity index (χ1n) is 34.7. The molecule has 0 unspecified atom stereocenters. The van der Waals surface area contributed by atoms with E-state index in [4.69, 9.17) is 55.8 Å². The van der Waals surface area contributed by atoms with Crippen LogP contribution in [0.5, 0.6) is 34.5 Å². The van der Waals surface area contributed by atoms with E-state index >= 15 is 0 Å². The molecule has 9 aromatic rings. The Morgan fingerprint density at radius 2 is 0.658 bits per heavy atom. The zero-order chi connectivity index (χ0) is 89.0. The van der Waals surface area contributed by atoms with Gasteiger partial charge in [0.1, 0.15) is 12.4 Å². The van der Waals surface area contributed by atoms with Crippen molar-refractivity contribution >= 4 is 47.3 Å². The number of benzene rings is 9. The SMILES string of the molecule is COC(=O)c1cccc(CN(CC(=O)NO)Cc2cccc(C(=O)O)c2)c1.COc1ccc(CN(CC(=O)NO)Cc2ccc(F)c(O)c2F)cc1.O=C(CN(Cc1cc(F)c(O)c(F)c1)Cc1cc(F)c(O)c(F)c1)NO.O=C(CN(Cc1ccc(F)c(O)c1F)Cc1ccc(F)c(O)c1F)NO.O=C(CO)CNCc1cccc(C(=O)O)c1. The van der Waals surface area contributed by atoms with Crippen molar-refractivity contribution < 1.29 is 153 Å². The molecular weight excluding hydrogens is 1620 g/mol. The van der Waals surface area contributed by atoms with Gasteiger partial charge >= 0.3 is 17.9 Å². The first kappa shape index (κ1) is 97.2. The number of ketones is 1. The Kier molecular flexibility index (Phi) is 39.2. The van der Waals surface area contributed by atoms with Crippen molar-refractivity contribution in [3.8, 4) is 34.5 Å². The predicted molar refractivity (Wildman–Crippen MR) is 398 cm³/mol. The lowest BCUT2D eigenvalue weighted by atomic mass is 10.1. The molecule has 0 aliphatic rings. The average molecular weight is 1700 g/mol. The second kappa shape index (κ2) is 48.4. The summed E-state index contributed by atoms with van der Waals surface area (Å²) in [5.74, 6) is -22.9. The van der Waals surface area contributed by atoms with Crippen LogP contribution in [0.25, 0.3) is 0 Å². The summed E-state index contributed by atoms with van der Waals surface area (Å²) >= 11 is 0. The van der Waals surface area contributed by atoms with Crippen LogP contribution in [-0.4, -0.2) is 182 Å².